The highest BCUT2D eigenvalue weighted by atomic mass is 32.1. The van der Waals surface area contributed by atoms with Crippen molar-refractivity contribution in [2.75, 3.05) is 37.4 Å². The largest absolute Gasteiger partial charge is 0.353 e. The molecule has 1 N–H and O–H groups in total. The van der Waals surface area contributed by atoms with Gasteiger partial charge in [-0.05, 0) is 30.4 Å². The van der Waals surface area contributed by atoms with Crippen molar-refractivity contribution in [3.05, 3.63) is 27.7 Å². The second kappa shape index (κ2) is 7.66. The number of thiophene rings is 1. The fourth-order valence-electron chi connectivity index (χ4n) is 2.93. The molecule has 0 fully saturated rings. The summed E-state index contributed by atoms with van der Waals surface area (Å²) in [6, 6.07) is 2.69. The number of aromatic nitrogens is 3. The van der Waals surface area contributed by atoms with Crippen molar-refractivity contribution >= 4 is 23.2 Å². The Hall–Kier alpha value is -1.73. The monoisotopic (exact) mass is 360 g/mol. The Morgan fingerprint density at radius 1 is 1.24 bits per heavy atom. The maximum Gasteiger partial charge on any atom is 0.229 e. The zero-order valence-corrected chi connectivity index (χ0v) is 16.6. The molecule has 25 heavy (non-hydrogen) atoms. The van der Waals surface area contributed by atoms with Gasteiger partial charge < -0.3 is 10.2 Å². The second-order valence-corrected chi connectivity index (χ2v) is 8.19. The van der Waals surface area contributed by atoms with Gasteiger partial charge in [-0.15, -0.1) is 11.3 Å². The van der Waals surface area contributed by atoms with Crippen molar-refractivity contribution in [2.24, 2.45) is 0 Å². The van der Waals surface area contributed by atoms with E-state index in [1.165, 1.54) is 5.56 Å². The van der Waals surface area contributed by atoms with Gasteiger partial charge in [0.1, 0.15) is 5.82 Å². The predicted octanol–water partition coefficient (Wildman–Crippen LogP) is 2.98. The molecule has 0 aromatic carbocycles. The highest BCUT2D eigenvalue weighted by Gasteiger charge is 2.21. The van der Waals surface area contributed by atoms with E-state index in [4.69, 9.17) is 0 Å². The van der Waals surface area contributed by atoms with Gasteiger partial charge >= 0.3 is 0 Å². The third-order valence-corrected chi connectivity index (χ3v) is 5.60. The van der Waals surface area contributed by atoms with Gasteiger partial charge in [-0.1, -0.05) is 13.8 Å². The first-order valence-corrected chi connectivity index (χ1v) is 9.78. The van der Waals surface area contributed by atoms with Crippen LogP contribution in [0.3, 0.4) is 0 Å². The lowest BCUT2D eigenvalue weighted by Gasteiger charge is -2.32. The first-order valence-electron chi connectivity index (χ1n) is 8.90. The van der Waals surface area contributed by atoms with Gasteiger partial charge in [0.25, 0.3) is 0 Å². The molecular weight excluding hydrogens is 332 g/mol. The van der Waals surface area contributed by atoms with Crippen molar-refractivity contribution in [1.29, 1.82) is 0 Å². The first kappa shape index (κ1) is 18.1. The molecule has 0 spiro atoms. The molecule has 3 rings (SSSR count). The van der Waals surface area contributed by atoms with Crippen molar-refractivity contribution < 1.29 is 0 Å². The predicted molar refractivity (Wildman–Crippen MR) is 105 cm³/mol. The molecule has 0 saturated carbocycles. The van der Waals surface area contributed by atoms with Crippen LogP contribution in [0.5, 0.6) is 0 Å². The van der Waals surface area contributed by atoms with Crippen LogP contribution < -0.4 is 10.2 Å². The smallest absolute Gasteiger partial charge is 0.229 e. The van der Waals surface area contributed by atoms with Crippen LogP contribution in [0.25, 0.3) is 0 Å². The Morgan fingerprint density at radius 3 is 2.76 bits per heavy atom. The van der Waals surface area contributed by atoms with Crippen LogP contribution in [0.1, 0.15) is 43.0 Å². The van der Waals surface area contributed by atoms with Gasteiger partial charge in [0, 0.05) is 50.6 Å². The maximum absolute atomic E-state index is 4.58. The summed E-state index contributed by atoms with van der Waals surface area (Å²) in [7, 11) is 3.91. The zero-order valence-electron chi connectivity index (χ0n) is 15.8. The molecular formula is C18H28N6S. The zero-order chi connectivity index (χ0) is 18.0. The minimum absolute atomic E-state index is 0.277. The summed E-state index contributed by atoms with van der Waals surface area (Å²) in [6.07, 6.45) is 1.16. The van der Waals surface area contributed by atoms with Gasteiger partial charge in [-0.3, -0.25) is 4.90 Å². The highest BCUT2D eigenvalue weighted by Crippen LogP contribution is 2.25. The van der Waals surface area contributed by atoms with E-state index in [1.807, 2.05) is 30.3 Å². The van der Waals surface area contributed by atoms with E-state index in [9.17, 15) is 0 Å². The minimum Gasteiger partial charge on any atom is -0.353 e. The molecule has 0 amide bonds. The van der Waals surface area contributed by atoms with Gasteiger partial charge in [-0.2, -0.15) is 15.0 Å². The van der Waals surface area contributed by atoms with Crippen molar-refractivity contribution in [1.82, 2.24) is 19.9 Å². The van der Waals surface area contributed by atoms with E-state index in [1.54, 1.807) is 4.88 Å². The number of nitrogens with one attached hydrogen (secondary N) is 1. The molecule has 7 heteroatoms. The molecule has 136 valence electrons. The average molecular weight is 361 g/mol. The number of fused-ring (bicyclic) bond motifs is 1. The molecule has 0 saturated heterocycles. The molecule has 2 aromatic heterocycles. The Morgan fingerprint density at radius 2 is 2.04 bits per heavy atom. The summed E-state index contributed by atoms with van der Waals surface area (Å²) in [6.45, 7) is 9.46. The van der Waals surface area contributed by atoms with Crippen molar-refractivity contribution in [3.63, 3.8) is 0 Å². The number of hydrogen-bond donors (Lipinski definition) is 1. The maximum atomic E-state index is 4.58. The molecule has 6 nitrogen and oxygen atoms in total. The number of rotatable bonds is 6. The summed E-state index contributed by atoms with van der Waals surface area (Å²) in [4.78, 5) is 19.6. The Bertz CT molecular complexity index is 685. The molecule has 0 aliphatic carbocycles. The third kappa shape index (κ3) is 4.27. The van der Waals surface area contributed by atoms with Crippen LogP contribution in [-0.4, -0.2) is 53.1 Å². The highest BCUT2D eigenvalue weighted by molar-refractivity contribution is 7.10. The van der Waals surface area contributed by atoms with E-state index < -0.39 is 0 Å². The van der Waals surface area contributed by atoms with Crippen LogP contribution in [-0.2, 0) is 13.0 Å². The lowest BCUT2D eigenvalue weighted by molar-refractivity contribution is 0.200. The summed E-state index contributed by atoms with van der Waals surface area (Å²) >= 11 is 1.88. The Kier molecular flexibility index (Phi) is 5.54. The lowest BCUT2D eigenvalue weighted by atomic mass is 10.1. The molecule has 0 radical (unpaired) electrons. The van der Waals surface area contributed by atoms with Crippen molar-refractivity contribution in [2.45, 2.75) is 45.7 Å². The average Bonchev–Trinajstić information content (AvgIpc) is 3.06. The van der Waals surface area contributed by atoms with E-state index in [-0.39, 0.29) is 5.92 Å². The molecule has 1 atom stereocenters. The van der Waals surface area contributed by atoms with Gasteiger partial charge in [0.15, 0.2) is 0 Å². The third-order valence-electron chi connectivity index (χ3n) is 4.57. The standard InChI is InChI=1S/C18H28N6S/c1-12(2)16-20-17(22-18(21-16)23(4)5)19-10-13(3)24-8-6-15-14(11-24)7-9-25-15/h7,9,12-13H,6,8,10-11H2,1-5H3,(H,19,20,21,22). The first-order chi connectivity index (χ1) is 11.9. The molecule has 3 heterocycles. The van der Waals surface area contributed by atoms with Gasteiger partial charge in [0.2, 0.25) is 11.9 Å². The fraction of sp³-hybridized carbons (Fsp3) is 0.611. The van der Waals surface area contributed by atoms with Crippen LogP contribution in [0.15, 0.2) is 11.4 Å². The van der Waals surface area contributed by atoms with E-state index in [2.05, 4.69) is 57.4 Å². The van der Waals surface area contributed by atoms with Crippen molar-refractivity contribution in [3.8, 4) is 0 Å². The Labute approximate surface area is 154 Å². The molecule has 1 aliphatic rings. The van der Waals surface area contributed by atoms with E-state index in [0.717, 1.165) is 31.9 Å². The SMILES string of the molecule is CC(C)c1nc(NCC(C)N2CCc3sccc3C2)nc(N(C)C)n1. The quantitative estimate of drug-likeness (QED) is 0.855. The van der Waals surface area contributed by atoms with E-state index in [0.29, 0.717) is 17.9 Å². The van der Waals surface area contributed by atoms with Crippen LogP contribution >= 0.6 is 11.3 Å². The van der Waals surface area contributed by atoms with Crippen LogP contribution in [0.2, 0.25) is 0 Å². The Balaban J connectivity index is 1.65. The summed E-state index contributed by atoms with van der Waals surface area (Å²) < 4.78 is 0. The van der Waals surface area contributed by atoms with Gasteiger partial charge in [-0.25, -0.2) is 0 Å². The fourth-order valence-corrected chi connectivity index (χ4v) is 3.82. The molecule has 0 bridgehead atoms. The van der Waals surface area contributed by atoms with Crippen LogP contribution in [0, 0.1) is 0 Å². The normalized spacial score (nSPS) is 15.9. The summed E-state index contributed by atoms with van der Waals surface area (Å²) in [5.41, 5.74) is 1.49. The summed E-state index contributed by atoms with van der Waals surface area (Å²) in [5.74, 6) is 2.48. The number of nitrogens with zero attached hydrogens (tertiary/aromatic N) is 5. The van der Waals surface area contributed by atoms with Crippen LogP contribution in [0.4, 0.5) is 11.9 Å². The lowest BCUT2D eigenvalue weighted by Crippen LogP contribution is -2.41. The molecule has 1 unspecified atom stereocenters. The van der Waals surface area contributed by atoms with Gasteiger partial charge in [0.05, 0.1) is 0 Å². The molecule has 2 aromatic rings. The topological polar surface area (TPSA) is 57.2 Å². The number of anilines is 2. The number of hydrogen-bond acceptors (Lipinski definition) is 7. The summed E-state index contributed by atoms with van der Waals surface area (Å²) in [5, 5.41) is 5.63. The van der Waals surface area contributed by atoms with E-state index >= 15 is 0 Å². The minimum atomic E-state index is 0.277. The second-order valence-electron chi connectivity index (χ2n) is 7.19. The molecule has 1 aliphatic heterocycles.